The van der Waals surface area contributed by atoms with Crippen LogP contribution in [0.5, 0.6) is 0 Å². The lowest BCUT2D eigenvalue weighted by atomic mass is 10.2. The van der Waals surface area contributed by atoms with Gasteiger partial charge in [-0.3, -0.25) is 35.1 Å². The molecular formula is C5H3N3O6. The topological polar surface area (TPSA) is 132 Å². The van der Waals surface area contributed by atoms with E-state index in [0.29, 0.717) is 0 Å². The quantitative estimate of drug-likeness (QED) is 0.249. The minimum Gasteiger partial charge on any atom is -0.286 e. The Morgan fingerprint density at radius 1 is 1.29 bits per heavy atom. The van der Waals surface area contributed by atoms with Gasteiger partial charge in [-0.15, -0.1) is 0 Å². The predicted molar refractivity (Wildman–Crippen MR) is 39.0 cm³/mol. The van der Waals surface area contributed by atoms with Crippen LogP contribution in [0.1, 0.15) is 0 Å². The van der Waals surface area contributed by atoms with Crippen LogP contribution in [0.25, 0.3) is 0 Å². The minimum atomic E-state index is -1.98. The molecule has 1 heterocycles. The Morgan fingerprint density at radius 3 is 2.29 bits per heavy atom. The summed E-state index contributed by atoms with van der Waals surface area (Å²) < 4.78 is 0. The van der Waals surface area contributed by atoms with Crippen LogP contribution in [-0.4, -0.2) is 27.7 Å². The zero-order chi connectivity index (χ0) is 10.9. The zero-order valence-corrected chi connectivity index (χ0v) is 6.50. The monoisotopic (exact) mass is 201 g/mol. The van der Waals surface area contributed by atoms with Gasteiger partial charge in [0, 0.05) is 4.92 Å². The van der Waals surface area contributed by atoms with E-state index in [-0.39, 0.29) is 6.20 Å². The molecule has 1 rings (SSSR count). The Hall–Kier alpha value is -2.32. The molecule has 1 saturated heterocycles. The first-order chi connectivity index (χ1) is 6.43. The summed E-state index contributed by atoms with van der Waals surface area (Å²) in [4.78, 5) is 39.8. The molecule has 1 aliphatic heterocycles. The summed E-state index contributed by atoms with van der Waals surface area (Å²) in [6, 6.07) is -1.98. The molecule has 9 nitrogen and oxygen atoms in total. The van der Waals surface area contributed by atoms with Crippen molar-refractivity contribution in [1.29, 1.82) is 0 Å². The van der Waals surface area contributed by atoms with Crippen molar-refractivity contribution >= 4 is 11.8 Å². The number of imide groups is 1. The van der Waals surface area contributed by atoms with Crippen molar-refractivity contribution in [2.45, 2.75) is 6.04 Å². The summed E-state index contributed by atoms with van der Waals surface area (Å²) in [5, 5.41) is 21.9. The molecule has 1 aliphatic rings. The fraction of sp³-hybridized carbons (Fsp3) is 0.200. The van der Waals surface area contributed by atoms with E-state index < -0.39 is 33.3 Å². The molecule has 14 heavy (non-hydrogen) atoms. The molecule has 9 heteroatoms. The molecule has 0 aromatic heterocycles. The lowest BCUT2D eigenvalue weighted by molar-refractivity contribution is -0.497. The molecule has 0 saturated carbocycles. The summed E-state index contributed by atoms with van der Waals surface area (Å²) in [5.41, 5.74) is -0.759. The van der Waals surface area contributed by atoms with Crippen molar-refractivity contribution in [1.82, 2.24) is 5.32 Å². The van der Waals surface area contributed by atoms with Gasteiger partial charge < -0.3 is 0 Å². The second-order valence-corrected chi connectivity index (χ2v) is 2.38. The van der Waals surface area contributed by atoms with Gasteiger partial charge in [0.25, 0.3) is 12.1 Å². The number of rotatable bonds is 2. The minimum absolute atomic E-state index is 0.160. The van der Waals surface area contributed by atoms with E-state index in [1.807, 2.05) is 0 Å². The highest BCUT2D eigenvalue weighted by Gasteiger charge is 2.47. The number of hydrogen-bond acceptors (Lipinski definition) is 6. The molecule has 0 bridgehead atoms. The maximum Gasteiger partial charge on any atom is 0.326 e. The van der Waals surface area contributed by atoms with Crippen LogP contribution in [0, 0.1) is 20.2 Å². The summed E-state index contributed by atoms with van der Waals surface area (Å²) >= 11 is 0. The summed E-state index contributed by atoms with van der Waals surface area (Å²) in [7, 11) is 0. The van der Waals surface area contributed by atoms with Crippen molar-refractivity contribution in [3.05, 3.63) is 32.0 Å². The third-order valence-corrected chi connectivity index (χ3v) is 1.50. The van der Waals surface area contributed by atoms with Crippen LogP contribution >= 0.6 is 0 Å². The highest BCUT2D eigenvalue weighted by Crippen LogP contribution is 2.13. The second kappa shape index (κ2) is 3.20. The number of nitro groups is 2. The van der Waals surface area contributed by atoms with E-state index in [2.05, 4.69) is 0 Å². The standard InChI is InChI=1S/C5H3N3O6/c9-4-2(1-7(11)12)3(8(13)14)5(10)6-4/h1,3H,(H,6,9,10)/b2-1-. The number of nitrogens with one attached hydrogen (secondary N) is 1. The highest BCUT2D eigenvalue weighted by molar-refractivity contribution is 6.16. The van der Waals surface area contributed by atoms with Crippen molar-refractivity contribution in [2.75, 3.05) is 0 Å². The first kappa shape index (κ1) is 9.77. The van der Waals surface area contributed by atoms with Crippen LogP contribution in [0.4, 0.5) is 0 Å². The SMILES string of the molecule is O=C1NC(=O)C([N+](=O)[O-])/C1=C/[N+](=O)[O-]. The van der Waals surface area contributed by atoms with Crippen LogP contribution < -0.4 is 5.32 Å². The van der Waals surface area contributed by atoms with Gasteiger partial charge in [0.1, 0.15) is 0 Å². The van der Waals surface area contributed by atoms with E-state index in [1.165, 1.54) is 0 Å². The fourth-order valence-electron chi connectivity index (χ4n) is 0.970. The molecule has 2 amide bonds. The lowest BCUT2D eigenvalue weighted by Gasteiger charge is -1.94. The van der Waals surface area contributed by atoms with Gasteiger partial charge in [-0.25, -0.2) is 0 Å². The normalized spacial score (nSPS) is 23.7. The first-order valence-corrected chi connectivity index (χ1v) is 3.27. The van der Waals surface area contributed by atoms with Gasteiger partial charge in [0.15, 0.2) is 5.57 Å². The van der Waals surface area contributed by atoms with Gasteiger partial charge in [0.05, 0.1) is 4.92 Å². The van der Waals surface area contributed by atoms with E-state index in [1.54, 1.807) is 5.32 Å². The Labute approximate surface area is 75.7 Å². The highest BCUT2D eigenvalue weighted by atomic mass is 16.6. The number of carbonyl (C=O) groups is 2. The molecule has 1 N–H and O–H groups in total. The van der Waals surface area contributed by atoms with Gasteiger partial charge in [-0.1, -0.05) is 0 Å². The molecule has 0 aromatic rings. The number of carbonyl (C=O) groups excluding carboxylic acids is 2. The van der Waals surface area contributed by atoms with Crippen molar-refractivity contribution < 1.29 is 19.4 Å². The Balaban J connectivity index is 3.13. The van der Waals surface area contributed by atoms with Gasteiger partial charge >= 0.3 is 11.9 Å². The van der Waals surface area contributed by atoms with Crippen molar-refractivity contribution in [3.63, 3.8) is 0 Å². The number of nitrogens with zero attached hydrogens (tertiary/aromatic N) is 2. The Morgan fingerprint density at radius 2 is 1.86 bits per heavy atom. The fourth-order valence-corrected chi connectivity index (χ4v) is 0.970. The zero-order valence-electron chi connectivity index (χ0n) is 6.50. The Kier molecular flexibility index (Phi) is 2.23. The van der Waals surface area contributed by atoms with Crippen molar-refractivity contribution in [3.8, 4) is 0 Å². The molecule has 1 atom stereocenters. The third-order valence-electron chi connectivity index (χ3n) is 1.50. The lowest BCUT2D eigenvalue weighted by Crippen LogP contribution is -2.30. The van der Waals surface area contributed by atoms with E-state index in [0.717, 1.165) is 0 Å². The molecule has 0 radical (unpaired) electrons. The summed E-state index contributed by atoms with van der Waals surface area (Å²) in [6.45, 7) is 0. The summed E-state index contributed by atoms with van der Waals surface area (Å²) in [6.07, 6.45) is 0.160. The van der Waals surface area contributed by atoms with Crippen molar-refractivity contribution in [2.24, 2.45) is 0 Å². The van der Waals surface area contributed by atoms with Crippen LogP contribution in [0.3, 0.4) is 0 Å². The average Bonchev–Trinajstić information content (AvgIpc) is 2.25. The first-order valence-electron chi connectivity index (χ1n) is 3.27. The largest absolute Gasteiger partial charge is 0.326 e. The second-order valence-electron chi connectivity index (χ2n) is 2.38. The van der Waals surface area contributed by atoms with Gasteiger partial charge in [0.2, 0.25) is 0 Å². The predicted octanol–water partition coefficient (Wildman–Crippen LogP) is -1.55. The molecular weight excluding hydrogens is 198 g/mol. The van der Waals surface area contributed by atoms with E-state index in [4.69, 9.17) is 0 Å². The van der Waals surface area contributed by atoms with Crippen LogP contribution in [-0.2, 0) is 9.59 Å². The third kappa shape index (κ3) is 1.55. The van der Waals surface area contributed by atoms with Crippen LogP contribution in [0.15, 0.2) is 11.8 Å². The maximum absolute atomic E-state index is 10.8. The summed E-state index contributed by atoms with van der Waals surface area (Å²) in [5.74, 6) is -2.26. The molecule has 74 valence electrons. The molecule has 1 unspecified atom stereocenters. The van der Waals surface area contributed by atoms with Gasteiger partial charge in [-0.05, 0) is 0 Å². The van der Waals surface area contributed by atoms with E-state index >= 15 is 0 Å². The molecule has 0 spiro atoms. The van der Waals surface area contributed by atoms with Gasteiger partial charge in [-0.2, -0.15) is 0 Å². The Bertz CT molecular complexity index is 372. The smallest absolute Gasteiger partial charge is 0.286 e. The number of hydrogen-bond donors (Lipinski definition) is 1. The van der Waals surface area contributed by atoms with Crippen LogP contribution in [0.2, 0.25) is 0 Å². The maximum atomic E-state index is 10.8. The van der Waals surface area contributed by atoms with E-state index in [9.17, 15) is 29.8 Å². The molecule has 0 aliphatic carbocycles. The molecule has 1 fully saturated rings. The average molecular weight is 201 g/mol. The number of amides is 2. The molecule has 0 aromatic carbocycles.